The van der Waals surface area contributed by atoms with Gasteiger partial charge in [0.2, 0.25) is 0 Å². The molecule has 2 aliphatic heterocycles. The number of nitrogens with one attached hydrogen (secondary N) is 3. The minimum Gasteiger partial charge on any atom is -0.371 e. The van der Waals surface area contributed by atoms with Crippen LogP contribution in [0.1, 0.15) is 18.4 Å². The number of benzene rings is 2. The van der Waals surface area contributed by atoms with E-state index in [9.17, 15) is 0 Å². The molecule has 0 radical (unpaired) electrons. The van der Waals surface area contributed by atoms with Crippen molar-refractivity contribution in [2.24, 2.45) is 4.99 Å². The van der Waals surface area contributed by atoms with E-state index in [-0.39, 0.29) is 5.54 Å². The lowest BCUT2D eigenvalue weighted by molar-refractivity contribution is 0.419. The van der Waals surface area contributed by atoms with Gasteiger partial charge in [0.15, 0.2) is 0 Å². The number of hydrogen-bond acceptors (Lipinski definition) is 3. The first-order valence-corrected chi connectivity index (χ1v) is 8.78. The summed E-state index contributed by atoms with van der Waals surface area (Å²) in [5.41, 5.74) is 3.05. The Morgan fingerprint density at radius 1 is 1.00 bits per heavy atom. The van der Waals surface area contributed by atoms with Crippen LogP contribution in [0.25, 0.3) is 0 Å². The van der Waals surface area contributed by atoms with E-state index in [0.29, 0.717) is 6.54 Å². The summed E-state index contributed by atoms with van der Waals surface area (Å²) in [6.07, 6.45) is 2.00. The maximum absolute atomic E-state index is 6.38. The van der Waals surface area contributed by atoms with Gasteiger partial charge in [0.1, 0.15) is 5.84 Å². The Balaban J connectivity index is 1.70. The molecule has 4 rings (SSSR count). The Kier molecular flexibility index (Phi) is 4.17. The molecule has 1 spiro atoms. The van der Waals surface area contributed by atoms with Gasteiger partial charge in [-0.15, -0.1) is 0 Å². The van der Waals surface area contributed by atoms with Gasteiger partial charge >= 0.3 is 0 Å². The Hall–Kier alpha value is -2.04. The molecule has 2 aromatic carbocycles. The first-order valence-electron chi connectivity index (χ1n) is 8.40. The summed E-state index contributed by atoms with van der Waals surface area (Å²) in [5.74, 6) is 0.994. The van der Waals surface area contributed by atoms with E-state index in [4.69, 9.17) is 16.6 Å². The van der Waals surface area contributed by atoms with Crippen molar-refractivity contribution in [1.29, 1.82) is 0 Å². The highest BCUT2D eigenvalue weighted by atomic mass is 35.5. The number of nitrogens with zero attached hydrogens (tertiary/aromatic N) is 1. The Morgan fingerprint density at radius 2 is 1.79 bits per heavy atom. The first kappa shape index (κ1) is 15.5. The highest BCUT2D eigenvalue weighted by molar-refractivity contribution is 6.35. The van der Waals surface area contributed by atoms with Crippen LogP contribution >= 0.6 is 11.6 Å². The van der Waals surface area contributed by atoms with Gasteiger partial charge in [-0.3, -0.25) is 4.99 Å². The summed E-state index contributed by atoms with van der Waals surface area (Å²) in [6.45, 7) is 2.63. The molecule has 0 bridgehead atoms. The van der Waals surface area contributed by atoms with Crippen molar-refractivity contribution < 1.29 is 0 Å². The van der Waals surface area contributed by atoms with Crippen LogP contribution in [0, 0.1) is 0 Å². The summed E-state index contributed by atoms with van der Waals surface area (Å²) in [4.78, 5) is 4.93. The van der Waals surface area contributed by atoms with Crippen molar-refractivity contribution in [2.75, 3.05) is 23.7 Å². The normalized spacial score (nSPS) is 20.3. The zero-order chi connectivity index (χ0) is 16.4. The highest BCUT2D eigenvalue weighted by Gasteiger charge is 2.41. The van der Waals surface area contributed by atoms with Crippen LogP contribution < -0.4 is 16.0 Å². The second-order valence-electron chi connectivity index (χ2n) is 6.39. The fraction of sp³-hybridized carbons (Fsp3) is 0.316. The van der Waals surface area contributed by atoms with Gasteiger partial charge in [-0.1, -0.05) is 48.0 Å². The number of fused-ring (bicyclic) bond motifs is 1. The third-order valence-corrected chi connectivity index (χ3v) is 5.12. The van der Waals surface area contributed by atoms with Crippen molar-refractivity contribution in [3.05, 3.63) is 59.1 Å². The maximum atomic E-state index is 6.38. The molecule has 24 heavy (non-hydrogen) atoms. The summed E-state index contributed by atoms with van der Waals surface area (Å²) < 4.78 is 0. The Labute approximate surface area is 147 Å². The molecule has 0 saturated carbocycles. The predicted molar refractivity (Wildman–Crippen MR) is 101 cm³/mol. The molecule has 0 aliphatic carbocycles. The van der Waals surface area contributed by atoms with E-state index < -0.39 is 0 Å². The lowest BCUT2D eigenvalue weighted by Gasteiger charge is -2.44. The minimum atomic E-state index is -0.141. The molecule has 0 aromatic heterocycles. The monoisotopic (exact) mass is 340 g/mol. The third-order valence-electron chi connectivity index (χ3n) is 4.80. The van der Waals surface area contributed by atoms with Gasteiger partial charge in [0.25, 0.3) is 0 Å². The Morgan fingerprint density at radius 3 is 2.58 bits per heavy atom. The van der Waals surface area contributed by atoms with E-state index in [1.54, 1.807) is 0 Å². The van der Waals surface area contributed by atoms with Crippen LogP contribution in [0.3, 0.4) is 0 Å². The van der Waals surface area contributed by atoms with Crippen molar-refractivity contribution in [3.63, 3.8) is 0 Å². The van der Waals surface area contributed by atoms with Crippen LogP contribution in [0.15, 0.2) is 53.5 Å². The number of anilines is 2. The molecular formula is C19H21ClN4. The average Bonchev–Trinajstić information content (AvgIpc) is 2.62. The zero-order valence-electron chi connectivity index (χ0n) is 13.5. The van der Waals surface area contributed by atoms with Gasteiger partial charge in [-0.25, -0.2) is 0 Å². The van der Waals surface area contributed by atoms with E-state index in [1.807, 2.05) is 18.2 Å². The second-order valence-corrected chi connectivity index (χ2v) is 6.80. The highest BCUT2D eigenvalue weighted by Crippen LogP contribution is 2.39. The molecule has 0 amide bonds. The van der Waals surface area contributed by atoms with E-state index in [0.717, 1.165) is 48.2 Å². The Bertz CT molecular complexity index is 751. The summed E-state index contributed by atoms with van der Waals surface area (Å²) in [5, 5.41) is 11.4. The fourth-order valence-corrected chi connectivity index (χ4v) is 3.69. The van der Waals surface area contributed by atoms with Gasteiger partial charge in [-0.2, -0.15) is 0 Å². The maximum Gasteiger partial charge on any atom is 0.127 e. The molecule has 1 fully saturated rings. The zero-order valence-corrected chi connectivity index (χ0v) is 14.2. The van der Waals surface area contributed by atoms with Gasteiger partial charge in [0.05, 0.1) is 28.5 Å². The molecular weight excluding hydrogens is 320 g/mol. The molecule has 1 saturated heterocycles. The number of para-hydroxylation sites is 1. The number of aliphatic imine (C=N–C) groups is 1. The molecule has 3 N–H and O–H groups in total. The second kappa shape index (κ2) is 6.46. The largest absolute Gasteiger partial charge is 0.371 e. The molecule has 4 nitrogen and oxygen atoms in total. The molecule has 2 aliphatic rings. The fourth-order valence-electron chi connectivity index (χ4n) is 3.47. The van der Waals surface area contributed by atoms with Crippen LogP contribution in [0.5, 0.6) is 0 Å². The number of halogens is 1. The molecule has 0 atom stereocenters. The van der Waals surface area contributed by atoms with Crippen molar-refractivity contribution >= 4 is 28.8 Å². The molecule has 2 heterocycles. The molecule has 0 unspecified atom stereocenters. The van der Waals surface area contributed by atoms with Crippen LogP contribution in [0.4, 0.5) is 11.4 Å². The van der Waals surface area contributed by atoms with Crippen molar-refractivity contribution in [1.82, 2.24) is 5.32 Å². The van der Waals surface area contributed by atoms with E-state index in [2.05, 4.69) is 46.3 Å². The van der Waals surface area contributed by atoms with Crippen molar-refractivity contribution in [3.8, 4) is 0 Å². The van der Waals surface area contributed by atoms with Crippen LogP contribution in [0.2, 0.25) is 5.02 Å². The number of amidine groups is 1. The van der Waals surface area contributed by atoms with Gasteiger partial charge in [-0.05, 0) is 43.6 Å². The van der Waals surface area contributed by atoms with Gasteiger partial charge < -0.3 is 16.0 Å². The first-order chi connectivity index (χ1) is 11.8. The lowest BCUT2D eigenvalue weighted by Crippen LogP contribution is -2.57. The topological polar surface area (TPSA) is 48.5 Å². The smallest absolute Gasteiger partial charge is 0.127 e. The van der Waals surface area contributed by atoms with E-state index >= 15 is 0 Å². The number of rotatable bonds is 2. The quantitative estimate of drug-likeness (QED) is 0.777. The summed E-state index contributed by atoms with van der Waals surface area (Å²) in [7, 11) is 0. The standard InChI is InChI=1S/C19H21ClN4/c20-15-7-4-8-16-17(15)23-18(19(24-16)9-11-21-12-10-19)22-13-14-5-2-1-3-6-14/h1-8,21,24H,9-13H2,(H,22,23). The molecule has 124 valence electrons. The minimum absolute atomic E-state index is 0.141. The number of hydrogen-bond donors (Lipinski definition) is 3. The SMILES string of the molecule is Clc1cccc2c1NC(=NCc1ccccc1)C1(CCNCC1)N2. The predicted octanol–water partition coefficient (Wildman–Crippen LogP) is 3.90. The summed E-state index contributed by atoms with van der Waals surface area (Å²) >= 11 is 6.38. The van der Waals surface area contributed by atoms with Gasteiger partial charge in [0, 0.05) is 0 Å². The van der Waals surface area contributed by atoms with Crippen LogP contribution in [-0.4, -0.2) is 24.5 Å². The molecule has 2 aromatic rings. The van der Waals surface area contributed by atoms with E-state index in [1.165, 1.54) is 5.56 Å². The molecule has 5 heteroatoms. The lowest BCUT2D eigenvalue weighted by atomic mass is 9.84. The average molecular weight is 341 g/mol. The number of piperidine rings is 1. The van der Waals surface area contributed by atoms with Crippen LogP contribution in [-0.2, 0) is 6.54 Å². The third kappa shape index (κ3) is 2.87. The summed E-state index contributed by atoms with van der Waals surface area (Å²) in [6, 6.07) is 16.3. The van der Waals surface area contributed by atoms with Crippen molar-refractivity contribution in [2.45, 2.75) is 24.9 Å².